The molecular formula is C16H17N5O2S. The van der Waals surface area contributed by atoms with Gasteiger partial charge in [0, 0.05) is 25.1 Å². The molecular weight excluding hydrogens is 326 g/mol. The largest absolute Gasteiger partial charge is 0.336 e. The molecule has 1 N–H and O–H groups in total. The summed E-state index contributed by atoms with van der Waals surface area (Å²) in [5, 5.41) is 12.5. The van der Waals surface area contributed by atoms with Crippen LogP contribution in [0.2, 0.25) is 0 Å². The third-order valence-electron chi connectivity index (χ3n) is 4.26. The molecule has 8 heteroatoms. The smallest absolute Gasteiger partial charge is 0.231 e. The van der Waals surface area contributed by atoms with Gasteiger partial charge in [-0.3, -0.25) is 14.6 Å². The molecule has 1 unspecified atom stereocenters. The van der Waals surface area contributed by atoms with Crippen LogP contribution in [0.4, 0.5) is 5.13 Å². The number of nitrogens with one attached hydrogen (secondary N) is 1. The predicted molar refractivity (Wildman–Crippen MR) is 88.3 cm³/mol. The van der Waals surface area contributed by atoms with Crippen molar-refractivity contribution < 1.29 is 9.59 Å². The number of aromatic nitrogens is 3. The standard InChI is InChI=1S/C16H17N5O2S/c22-13-7-11(8-21(13)9-12-3-1-2-6-17-12)14(23)18-16-20-19-15(24-16)10-4-5-10/h1-3,6,10-11H,4-5,7-9H2,(H,18,20,23). The van der Waals surface area contributed by atoms with Crippen molar-refractivity contribution in [1.29, 1.82) is 0 Å². The zero-order valence-electron chi connectivity index (χ0n) is 13.0. The Morgan fingerprint density at radius 1 is 1.33 bits per heavy atom. The molecule has 4 rings (SSSR count). The van der Waals surface area contributed by atoms with Gasteiger partial charge in [0.25, 0.3) is 0 Å². The Kier molecular flexibility index (Phi) is 3.97. The second-order valence-electron chi connectivity index (χ2n) is 6.21. The third-order valence-corrected chi connectivity index (χ3v) is 5.26. The van der Waals surface area contributed by atoms with E-state index >= 15 is 0 Å². The molecule has 1 atom stereocenters. The van der Waals surface area contributed by atoms with E-state index < -0.39 is 0 Å². The number of pyridine rings is 1. The van der Waals surface area contributed by atoms with Gasteiger partial charge in [-0.25, -0.2) is 0 Å². The van der Waals surface area contributed by atoms with E-state index in [0.717, 1.165) is 23.5 Å². The Labute approximate surface area is 143 Å². The van der Waals surface area contributed by atoms with Gasteiger partial charge in [0.15, 0.2) is 0 Å². The Hall–Kier alpha value is -2.35. The number of likely N-dealkylation sites (tertiary alicyclic amines) is 1. The fourth-order valence-corrected chi connectivity index (χ4v) is 3.69. The second kappa shape index (κ2) is 6.27. The van der Waals surface area contributed by atoms with E-state index in [1.807, 2.05) is 18.2 Å². The van der Waals surface area contributed by atoms with E-state index in [2.05, 4.69) is 20.5 Å². The maximum Gasteiger partial charge on any atom is 0.231 e. The van der Waals surface area contributed by atoms with Crippen molar-refractivity contribution in [2.75, 3.05) is 11.9 Å². The van der Waals surface area contributed by atoms with Gasteiger partial charge in [0.2, 0.25) is 16.9 Å². The van der Waals surface area contributed by atoms with E-state index in [1.165, 1.54) is 11.3 Å². The van der Waals surface area contributed by atoms with Gasteiger partial charge in [-0.05, 0) is 25.0 Å². The Morgan fingerprint density at radius 2 is 2.21 bits per heavy atom. The maximum absolute atomic E-state index is 12.4. The molecule has 2 aromatic heterocycles. The zero-order valence-corrected chi connectivity index (χ0v) is 13.8. The maximum atomic E-state index is 12.4. The predicted octanol–water partition coefficient (Wildman–Crippen LogP) is 1.80. The van der Waals surface area contributed by atoms with Crippen molar-refractivity contribution in [3.05, 3.63) is 35.1 Å². The van der Waals surface area contributed by atoms with Crippen LogP contribution in [0.25, 0.3) is 0 Å². The molecule has 2 fully saturated rings. The van der Waals surface area contributed by atoms with Gasteiger partial charge < -0.3 is 10.2 Å². The molecule has 7 nitrogen and oxygen atoms in total. The summed E-state index contributed by atoms with van der Waals surface area (Å²) in [6.07, 6.45) is 4.24. The van der Waals surface area contributed by atoms with Crippen molar-refractivity contribution >= 4 is 28.3 Å². The molecule has 1 aliphatic heterocycles. The highest BCUT2D eigenvalue weighted by atomic mass is 32.1. The highest BCUT2D eigenvalue weighted by Crippen LogP contribution is 2.42. The molecule has 3 heterocycles. The van der Waals surface area contributed by atoms with E-state index in [0.29, 0.717) is 24.1 Å². The summed E-state index contributed by atoms with van der Waals surface area (Å²) in [7, 11) is 0. The van der Waals surface area contributed by atoms with Crippen molar-refractivity contribution in [3.63, 3.8) is 0 Å². The number of anilines is 1. The number of nitrogens with zero attached hydrogens (tertiary/aromatic N) is 4. The first-order chi connectivity index (χ1) is 11.7. The average Bonchev–Trinajstić information content (AvgIpc) is 3.23. The van der Waals surface area contributed by atoms with Crippen LogP contribution < -0.4 is 5.32 Å². The second-order valence-corrected chi connectivity index (χ2v) is 7.21. The molecule has 124 valence electrons. The summed E-state index contributed by atoms with van der Waals surface area (Å²) < 4.78 is 0. The lowest BCUT2D eigenvalue weighted by Crippen LogP contribution is -2.28. The number of carbonyl (C=O) groups excluding carboxylic acids is 2. The minimum absolute atomic E-state index is 0.0169. The molecule has 0 bridgehead atoms. The lowest BCUT2D eigenvalue weighted by Gasteiger charge is -2.15. The van der Waals surface area contributed by atoms with Crippen LogP contribution in [0.3, 0.4) is 0 Å². The molecule has 2 aromatic rings. The normalized spacial score (nSPS) is 20.4. The summed E-state index contributed by atoms with van der Waals surface area (Å²) in [5.74, 6) is -0.00772. The number of hydrogen-bond acceptors (Lipinski definition) is 6. The molecule has 1 saturated heterocycles. The van der Waals surface area contributed by atoms with Crippen molar-refractivity contribution in [2.45, 2.75) is 31.7 Å². The van der Waals surface area contributed by atoms with Gasteiger partial charge in [-0.15, -0.1) is 10.2 Å². The first-order valence-electron chi connectivity index (χ1n) is 8.01. The van der Waals surface area contributed by atoms with E-state index in [-0.39, 0.29) is 24.2 Å². The molecule has 0 radical (unpaired) electrons. The van der Waals surface area contributed by atoms with Crippen LogP contribution in [0.1, 0.15) is 35.9 Å². The van der Waals surface area contributed by atoms with Gasteiger partial charge in [-0.1, -0.05) is 17.4 Å². The summed E-state index contributed by atoms with van der Waals surface area (Å²) in [6.45, 7) is 0.851. The lowest BCUT2D eigenvalue weighted by atomic mass is 10.1. The van der Waals surface area contributed by atoms with Gasteiger partial charge in [0.1, 0.15) is 5.01 Å². The summed E-state index contributed by atoms with van der Waals surface area (Å²) in [5.41, 5.74) is 0.824. The van der Waals surface area contributed by atoms with Crippen LogP contribution in [0, 0.1) is 5.92 Å². The van der Waals surface area contributed by atoms with Crippen LogP contribution in [-0.4, -0.2) is 38.4 Å². The molecule has 0 aromatic carbocycles. The minimum Gasteiger partial charge on any atom is -0.336 e. The first-order valence-corrected chi connectivity index (χ1v) is 8.82. The molecule has 2 aliphatic rings. The average molecular weight is 343 g/mol. The monoisotopic (exact) mass is 343 g/mol. The topological polar surface area (TPSA) is 88.1 Å². The molecule has 1 aliphatic carbocycles. The van der Waals surface area contributed by atoms with Gasteiger partial charge >= 0.3 is 0 Å². The van der Waals surface area contributed by atoms with E-state index in [4.69, 9.17) is 0 Å². The third kappa shape index (κ3) is 3.28. The Balaban J connectivity index is 1.35. The van der Waals surface area contributed by atoms with E-state index in [1.54, 1.807) is 11.1 Å². The Bertz CT molecular complexity index is 759. The Morgan fingerprint density at radius 3 is 2.96 bits per heavy atom. The quantitative estimate of drug-likeness (QED) is 0.894. The van der Waals surface area contributed by atoms with Gasteiger partial charge in [0.05, 0.1) is 18.2 Å². The molecule has 0 spiro atoms. The fourth-order valence-electron chi connectivity index (χ4n) is 2.78. The lowest BCUT2D eigenvalue weighted by molar-refractivity contribution is -0.128. The minimum atomic E-state index is -0.352. The van der Waals surface area contributed by atoms with Crippen LogP contribution in [0.15, 0.2) is 24.4 Å². The van der Waals surface area contributed by atoms with Crippen molar-refractivity contribution in [2.24, 2.45) is 5.92 Å². The number of rotatable bonds is 5. The summed E-state index contributed by atoms with van der Waals surface area (Å²) >= 11 is 1.43. The van der Waals surface area contributed by atoms with E-state index in [9.17, 15) is 9.59 Å². The first kappa shape index (κ1) is 15.2. The number of hydrogen-bond donors (Lipinski definition) is 1. The van der Waals surface area contributed by atoms with Crippen molar-refractivity contribution in [3.8, 4) is 0 Å². The van der Waals surface area contributed by atoms with Gasteiger partial charge in [-0.2, -0.15) is 0 Å². The molecule has 2 amide bonds. The molecule has 1 saturated carbocycles. The highest BCUT2D eigenvalue weighted by molar-refractivity contribution is 7.15. The SMILES string of the molecule is O=C(Nc1nnc(C2CC2)s1)C1CC(=O)N(Cc2ccccn2)C1. The van der Waals surface area contributed by atoms with Crippen LogP contribution in [0.5, 0.6) is 0 Å². The number of amides is 2. The van der Waals surface area contributed by atoms with Crippen molar-refractivity contribution in [1.82, 2.24) is 20.1 Å². The fraction of sp³-hybridized carbons (Fsp3) is 0.438. The highest BCUT2D eigenvalue weighted by Gasteiger charge is 2.35. The zero-order chi connectivity index (χ0) is 16.5. The summed E-state index contributed by atoms with van der Waals surface area (Å²) in [4.78, 5) is 30.4. The summed E-state index contributed by atoms with van der Waals surface area (Å²) in [6, 6.07) is 5.60. The number of carbonyl (C=O) groups is 2. The van der Waals surface area contributed by atoms with Crippen LogP contribution in [-0.2, 0) is 16.1 Å². The van der Waals surface area contributed by atoms with Crippen LogP contribution >= 0.6 is 11.3 Å². The molecule has 24 heavy (non-hydrogen) atoms.